The normalized spacial score (nSPS) is 15.3. The SMILES string of the molecule is COc1ccc(OC)c(C=C2C(=O)N(c3c(Cl)cc(Cl)cc3Cl)N=C2C)c1. The van der Waals surface area contributed by atoms with Gasteiger partial charge in [-0.3, -0.25) is 4.79 Å². The van der Waals surface area contributed by atoms with Crippen LogP contribution in [-0.4, -0.2) is 25.8 Å². The number of ether oxygens (including phenoxy) is 2. The topological polar surface area (TPSA) is 51.1 Å². The van der Waals surface area contributed by atoms with Gasteiger partial charge in [-0.2, -0.15) is 10.1 Å². The van der Waals surface area contributed by atoms with Crippen molar-refractivity contribution in [2.45, 2.75) is 6.92 Å². The Morgan fingerprint density at radius 1 is 1.04 bits per heavy atom. The lowest BCUT2D eigenvalue weighted by molar-refractivity contribution is -0.114. The lowest BCUT2D eigenvalue weighted by atomic mass is 10.1. The maximum atomic E-state index is 13.0. The third-order valence-corrected chi connectivity index (χ3v) is 4.79. The zero-order valence-electron chi connectivity index (χ0n) is 14.7. The Labute approximate surface area is 171 Å². The van der Waals surface area contributed by atoms with E-state index in [1.165, 1.54) is 17.1 Å². The Balaban J connectivity index is 2.06. The average molecular weight is 426 g/mol. The van der Waals surface area contributed by atoms with Crippen LogP contribution in [0.25, 0.3) is 6.08 Å². The fourth-order valence-corrected chi connectivity index (χ4v) is 3.66. The zero-order valence-corrected chi connectivity index (χ0v) is 17.0. The summed E-state index contributed by atoms with van der Waals surface area (Å²) < 4.78 is 10.6. The molecule has 2 aromatic rings. The van der Waals surface area contributed by atoms with Crippen molar-refractivity contribution >= 4 is 58.2 Å². The highest BCUT2D eigenvalue weighted by Gasteiger charge is 2.32. The molecular weight excluding hydrogens is 411 g/mol. The van der Waals surface area contributed by atoms with E-state index in [4.69, 9.17) is 44.3 Å². The highest BCUT2D eigenvalue weighted by atomic mass is 35.5. The number of amides is 1. The molecular formula is C19H15Cl3N2O3. The third-order valence-electron chi connectivity index (χ3n) is 3.99. The Morgan fingerprint density at radius 2 is 1.70 bits per heavy atom. The van der Waals surface area contributed by atoms with E-state index in [-0.39, 0.29) is 21.6 Å². The highest BCUT2D eigenvalue weighted by molar-refractivity contribution is 6.44. The Kier molecular flexibility index (Phi) is 5.65. The van der Waals surface area contributed by atoms with Gasteiger partial charge in [-0.25, -0.2) is 0 Å². The molecule has 0 fully saturated rings. The molecule has 0 spiro atoms. The van der Waals surface area contributed by atoms with Crippen molar-refractivity contribution in [2.24, 2.45) is 5.10 Å². The number of hydrazone groups is 1. The molecule has 1 amide bonds. The molecule has 27 heavy (non-hydrogen) atoms. The molecule has 0 atom stereocenters. The summed E-state index contributed by atoms with van der Waals surface area (Å²) in [6, 6.07) is 8.33. The van der Waals surface area contributed by atoms with E-state index in [0.29, 0.717) is 33.4 Å². The lowest BCUT2D eigenvalue weighted by Crippen LogP contribution is -2.22. The smallest absolute Gasteiger partial charge is 0.280 e. The highest BCUT2D eigenvalue weighted by Crippen LogP contribution is 2.39. The number of halogens is 3. The van der Waals surface area contributed by atoms with Crippen LogP contribution in [0.2, 0.25) is 15.1 Å². The standard InChI is InChI=1S/C19H15Cl3N2O3/c1-10-14(7-11-6-13(26-2)4-5-17(11)27-3)19(25)24(23-10)18-15(21)8-12(20)9-16(18)22/h4-9H,1-3H3. The number of hydrogen-bond donors (Lipinski definition) is 0. The zero-order chi connectivity index (χ0) is 19.7. The van der Waals surface area contributed by atoms with E-state index in [1.54, 1.807) is 45.4 Å². The first-order chi connectivity index (χ1) is 12.8. The Bertz CT molecular complexity index is 963. The number of benzene rings is 2. The molecule has 3 rings (SSSR count). The second-order valence-electron chi connectivity index (χ2n) is 5.69. The molecule has 2 aromatic carbocycles. The number of hydrogen-bond acceptors (Lipinski definition) is 4. The van der Waals surface area contributed by atoms with Gasteiger partial charge in [0.05, 0.1) is 35.5 Å². The number of carbonyl (C=O) groups is 1. The molecule has 0 radical (unpaired) electrons. The van der Waals surface area contributed by atoms with Crippen LogP contribution in [0.15, 0.2) is 41.0 Å². The second kappa shape index (κ2) is 7.80. The van der Waals surface area contributed by atoms with Crippen LogP contribution < -0.4 is 14.5 Å². The minimum absolute atomic E-state index is 0.234. The third kappa shape index (κ3) is 3.76. The minimum atomic E-state index is -0.358. The summed E-state index contributed by atoms with van der Waals surface area (Å²) >= 11 is 18.4. The van der Waals surface area contributed by atoms with Gasteiger partial charge in [0.25, 0.3) is 5.91 Å². The molecule has 140 valence electrons. The van der Waals surface area contributed by atoms with Crippen molar-refractivity contribution in [3.8, 4) is 11.5 Å². The molecule has 0 aliphatic carbocycles. The van der Waals surface area contributed by atoms with Gasteiger partial charge in [-0.1, -0.05) is 34.8 Å². The van der Waals surface area contributed by atoms with Crippen molar-refractivity contribution in [3.05, 3.63) is 56.5 Å². The summed E-state index contributed by atoms with van der Waals surface area (Å²) in [6.07, 6.45) is 1.69. The van der Waals surface area contributed by atoms with Crippen LogP contribution in [0, 0.1) is 0 Å². The van der Waals surface area contributed by atoms with Crippen LogP contribution in [-0.2, 0) is 4.79 Å². The van der Waals surface area contributed by atoms with Crippen molar-refractivity contribution in [1.82, 2.24) is 0 Å². The van der Waals surface area contributed by atoms with Gasteiger partial charge in [0.15, 0.2) is 0 Å². The predicted molar refractivity (Wildman–Crippen MR) is 110 cm³/mol. The van der Waals surface area contributed by atoms with E-state index in [2.05, 4.69) is 5.10 Å². The molecule has 5 nitrogen and oxygen atoms in total. The first-order valence-corrected chi connectivity index (χ1v) is 8.97. The molecule has 0 N–H and O–H groups in total. The van der Waals surface area contributed by atoms with E-state index in [9.17, 15) is 4.79 Å². The van der Waals surface area contributed by atoms with Crippen LogP contribution in [0.4, 0.5) is 5.69 Å². The summed E-state index contributed by atoms with van der Waals surface area (Å²) in [5.41, 5.74) is 1.88. The Morgan fingerprint density at radius 3 is 2.30 bits per heavy atom. The predicted octanol–water partition coefficient (Wildman–Crippen LogP) is 5.47. The summed E-state index contributed by atoms with van der Waals surface area (Å²) in [5, 5.41) is 6.33. The molecule has 0 aromatic heterocycles. The van der Waals surface area contributed by atoms with E-state index >= 15 is 0 Å². The van der Waals surface area contributed by atoms with Gasteiger partial charge in [0, 0.05) is 10.6 Å². The largest absolute Gasteiger partial charge is 0.497 e. The van der Waals surface area contributed by atoms with Gasteiger partial charge < -0.3 is 9.47 Å². The van der Waals surface area contributed by atoms with Crippen molar-refractivity contribution in [3.63, 3.8) is 0 Å². The molecule has 1 aliphatic rings. The maximum Gasteiger partial charge on any atom is 0.280 e. The summed E-state index contributed by atoms with van der Waals surface area (Å²) in [7, 11) is 3.12. The lowest BCUT2D eigenvalue weighted by Gasteiger charge is -2.15. The molecule has 0 saturated carbocycles. The average Bonchev–Trinajstić information content (AvgIpc) is 2.89. The summed E-state index contributed by atoms with van der Waals surface area (Å²) in [5.74, 6) is 0.886. The number of anilines is 1. The van der Waals surface area contributed by atoms with Crippen molar-refractivity contribution in [1.29, 1.82) is 0 Å². The Hall–Kier alpha value is -2.21. The summed E-state index contributed by atoms with van der Waals surface area (Å²) in [6.45, 7) is 1.73. The number of carbonyl (C=O) groups excluding carboxylic acids is 1. The second-order valence-corrected chi connectivity index (χ2v) is 6.94. The van der Waals surface area contributed by atoms with Gasteiger partial charge in [0.1, 0.15) is 17.2 Å². The fourth-order valence-electron chi connectivity index (χ4n) is 2.68. The van der Waals surface area contributed by atoms with Gasteiger partial charge in [-0.05, 0) is 43.3 Å². The fraction of sp³-hybridized carbons (Fsp3) is 0.158. The van der Waals surface area contributed by atoms with Gasteiger partial charge >= 0.3 is 0 Å². The first kappa shape index (κ1) is 19.5. The van der Waals surface area contributed by atoms with E-state index < -0.39 is 0 Å². The van der Waals surface area contributed by atoms with Crippen LogP contribution in [0.5, 0.6) is 11.5 Å². The molecule has 0 saturated heterocycles. The van der Waals surface area contributed by atoms with Crippen LogP contribution in [0.1, 0.15) is 12.5 Å². The van der Waals surface area contributed by atoms with Crippen LogP contribution >= 0.6 is 34.8 Å². The number of methoxy groups -OCH3 is 2. The summed E-state index contributed by atoms with van der Waals surface area (Å²) in [4.78, 5) is 13.0. The van der Waals surface area contributed by atoms with Crippen LogP contribution in [0.3, 0.4) is 0 Å². The minimum Gasteiger partial charge on any atom is -0.497 e. The monoisotopic (exact) mass is 424 g/mol. The quantitative estimate of drug-likeness (QED) is 0.610. The maximum absolute atomic E-state index is 13.0. The molecule has 0 bridgehead atoms. The number of nitrogens with zero attached hydrogens (tertiary/aromatic N) is 2. The molecule has 8 heteroatoms. The first-order valence-electron chi connectivity index (χ1n) is 7.84. The number of rotatable bonds is 4. The van der Waals surface area contributed by atoms with E-state index in [1.807, 2.05) is 0 Å². The van der Waals surface area contributed by atoms with Gasteiger partial charge in [-0.15, -0.1) is 0 Å². The van der Waals surface area contributed by atoms with Crippen molar-refractivity contribution in [2.75, 3.05) is 19.2 Å². The van der Waals surface area contributed by atoms with E-state index in [0.717, 1.165) is 0 Å². The molecule has 0 unspecified atom stereocenters. The van der Waals surface area contributed by atoms with Gasteiger partial charge in [0.2, 0.25) is 0 Å². The molecule has 1 aliphatic heterocycles. The molecule has 1 heterocycles. The van der Waals surface area contributed by atoms with Crippen molar-refractivity contribution < 1.29 is 14.3 Å².